The fraction of sp³-hybridized carbons (Fsp3) is 0.111. The number of para-hydroxylation sites is 1. The molecule has 0 N–H and O–H groups in total. The second-order valence-corrected chi connectivity index (χ2v) is 3.71. The van der Waals surface area contributed by atoms with Crippen molar-refractivity contribution in [2.24, 2.45) is 0 Å². The zero-order valence-corrected chi connectivity index (χ0v) is 10.9. The van der Waals surface area contributed by atoms with Gasteiger partial charge in [0.2, 0.25) is 0 Å². The summed E-state index contributed by atoms with van der Waals surface area (Å²) in [5.74, 6) is 1.04. The van der Waals surface area contributed by atoms with Gasteiger partial charge in [-0.2, -0.15) is 0 Å². The van der Waals surface area contributed by atoms with Crippen LogP contribution in [-0.4, -0.2) is 10.2 Å². The Morgan fingerprint density at radius 2 is 2.00 bits per heavy atom. The third kappa shape index (κ3) is 1.88. The van der Waals surface area contributed by atoms with Crippen molar-refractivity contribution < 1.29 is 25.8 Å². The molecule has 0 aromatic heterocycles. The van der Waals surface area contributed by atoms with E-state index in [2.05, 4.69) is 12.1 Å². The summed E-state index contributed by atoms with van der Waals surface area (Å²) >= 11 is 0. The first kappa shape index (κ1) is 9.75. The Balaban J connectivity index is 0.000000720. The van der Waals surface area contributed by atoms with Crippen LogP contribution in [0.2, 0.25) is 0 Å². The van der Waals surface area contributed by atoms with Crippen molar-refractivity contribution in [2.75, 3.05) is 0 Å². The van der Waals surface area contributed by atoms with Crippen LogP contribution < -0.4 is 4.74 Å². The molecule has 1 aromatic rings. The average Bonchev–Trinajstić information content (AvgIpc) is 2.04. The summed E-state index contributed by atoms with van der Waals surface area (Å²) in [6.45, 7) is 0. The first-order valence-corrected chi connectivity index (χ1v) is 4.79. The number of hydrogen-bond acceptors (Lipinski definition) is 1. The second kappa shape index (κ2) is 4.06. The fourth-order valence-electron chi connectivity index (χ4n) is 1.24. The maximum absolute atomic E-state index is 5.55. The van der Waals surface area contributed by atoms with Crippen LogP contribution in [0.4, 0.5) is 0 Å². The van der Waals surface area contributed by atoms with Crippen LogP contribution in [0, 0.1) is 0 Å². The first-order valence-electron chi connectivity index (χ1n) is 3.79. The number of ether oxygens (including phenoxy) is 1. The molecule has 12 heavy (non-hydrogen) atoms. The molecule has 0 radical (unpaired) electrons. The van der Waals surface area contributed by atoms with Crippen molar-refractivity contribution in [3.05, 3.63) is 41.3 Å². The molecule has 1 nitrogen and oxygen atoms in total. The Bertz CT molecular complexity index is 309. The van der Waals surface area contributed by atoms with Crippen molar-refractivity contribution in [2.45, 2.75) is 6.42 Å². The van der Waals surface area contributed by atoms with E-state index >= 15 is 0 Å². The second-order valence-electron chi connectivity index (χ2n) is 2.73. The van der Waals surface area contributed by atoms with Crippen LogP contribution in [0.25, 0.3) is 0 Å². The molecule has 0 aliphatic carbocycles. The van der Waals surface area contributed by atoms with E-state index < -0.39 is 0 Å². The number of rotatable bonds is 0. The summed E-state index contributed by atoms with van der Waals surface area (Å²) in [4.78, 5) is 0. The monoisotopic (exact) mass is 260 g/mol. The molecule has 0 atom stereocenters. The summed E-state index contributed by atoms with van der Waals surface area (Å²) in [6, 6.07) is 8.20. The quantitative estimate of drug-likeness (QED) is 0.626. The Labute approximate surface area is 89.5 Å². The molecule has 2 rings (SSSR count). The Hall–Kier alpha value is -0.335. The average molecular weight is 258 g/mol. The van der Waals surface area contributed by atoms with E-state index in [1.165, 1.54) is 5.56 Å². The van der Waals surface area contributed by atoms with Gasteiger partial charge in [0.1, 0.15) is 5.75 Å². The van der Waals surface area contributed by atoms with Crippen LogP contribution in [0.15, 0.2) is 35.7 Å². The van der Waals surface area contributed by atoms with Crippen molar-refractivity contribution in [3.8, 4) is 5.75 Å². The van der Waals surface area contributed by atoms with Gasteiger partial charge in [0.15, 0.2) is 0 Å². The van der Waals surface area contributed by atoms with Crippen molar-refractivity contribution in [1.29, 1.82) is 0 Å². The SMILES string of the molecule is [Mo].[SiH3]C1=CCc2ccccc2O1. The Morgan fingerprint density at radius 3 is 2.83 bits per heavy atom. The van der Waals surface area contributed by atoms with Crippen molar-refractivity contribution in [1.82, 2.24) is 0 Å². The third-order valence-corrected chi connectivity index (χ3v) is 2.47. The number of benzene rings is 1. The summed E-state index contributed by atoms with van der Waals surface area (Å²) in [6.07, 6.45) is 3.20. The normalized spacial score (nSPS) is 13.8. The minimum atomic E-state index is 0. The van der Waals surface area contributed by atoms with Crippen LogP contribution in [-0.2, 0) is 27.5 Å². The van der Waals surface area contributed by atoms with Crippen LogP contribution >= 0.6 is 0 Å². The summed E-state index contributed by atoms with van der Waals surface area (Å²) in [5, 5.41) is 1.14. The maximum atomic E-state index is 5.55. The minimum absolute atomic E-state index is 0. The smallest absolute Gasteiger partial charge is 0.129 e. The molecule has 0 spiro atoms. The van der Waals surface area contributed by atoms with Gasteiger partial charge >= 0.3 is 0 Å². The van der Waals surface area contributed by atoms with E-state index in [9.17, 15) is 0 Å². The number of allylic oxidation sites excluding steroid dienone is 1. The topological polar surface area (TPSA) is 9.23 Å². The predicted molar refractivity (Wildman–Crippen MR) is 48.8 cm³/mol. The van der Waals surface area contributed by atoms with Crippen molar-refractivity contribution >= 4 is 10.2 Å². The molecule has 0 unspecified atom stereocenters. The molecule has 1 aromatic carbocycles. The standard InChI is InChI=1S/C9H10OSi.Mo/c11-9-6-5-7-3-1-2-4-8(7)10-9;/h1-4,6H,5H2,11H3;. The molecule has 0 bridgehead atoms. The summed E-state index contributed by atoms with van der Waals surface area (Å²) in [7, 11) is 1.01. The molecule has 0 amide bonds. The van der Waals surface area contributed by atoms with E-state index in [4.69, 9.17) is 4.74 Å². The van der Waals surface area contributed by atoms with Gasteiger partial charge in [0, 0.05) is 21.1 Å². The van der Waals surface area contributed by atoms with Gasteiger partial charge in [0.25, 0.3) is 0 Å². The summed E-state index contributed by atoms with van der Waals surface area (Å²) in [5.41, 5.74) is 1.30. The van der Waals surface area contributed by atoms with Crippen molar-refractivity contribution in [3.63, 3.8) is 0 Å². The molecular formula is C9H10MoOSi. The Kier molecular flexibility index (Phi) is 3.30. The van der Waals surface area contributed by atoms with E-state index in [0.717, 1.165) is 27.8 Å². The zero-order chi connectivity index (χ0) is 7.68. The largest absolute Gasteiger partial charge is 0.468 e. The van der Waals surface area contributed by atoms with E-state index in [-0.39, 0.29) is 21.1 Å². The molecule has 3 heteroatoms. The van der Waals surface area contributed by atoms with Gasteiger partial charge in [-0.15, -0.1) is 0 Å². The van der Waals surface area contributed by atoms with Gasteiger partial charge in [-0.25, -0.2) is 0 Å². The number of fused-ring (bicyclic) bond motifs is 1. The maximum Gasteiger partial charge on any atom is 0.129 e. The Morgan fingerprint density at radius 1 is 1.25 bits per heavy atom. The molecule has 0 saturated heterocycles. The predicted octanol–water partition coefficient (Wildman–Crippen LogP) is 0.826. The van der Waals surface area contributed by atoms with Gasteiger partial charge in [-0.1, -0.05) is 18.2 Å². The fourth-order valence-corrected chi connectivity index (χ4v) is 1.66. The molecule has 1 aliphatic heterocycles. The van der Waals surface area contributed by atoms with Gasteiger partial charge in [-0.3, -0.25) is 0 Å². The van der Waals surface area contributed by atoms with Gasteiger partial charge in [0.05, 0.1) is 15.6 Å². The van der Waals surface area contributed by atoms with Crippen LogP contribution in [0.1, 0.15) is 5.56 Å². The van der Waals surface area contributed by atoms with Gasteiger partial charge < -0.3 is 4.74 Å². The first-order chi connectivity index (χ1) is 5.36. The van der Waals surface area contributed by atoms with Gasteiger partial charge in [-0.05, 0) is 24.1 Å². The number of hydrogen-bond donors (Lipinski definition) is 0. The molecule has 62 valence electrons. The molecule has 1 aliphatic rings. The van der Waals surface area contributed by atoms with E-state index in [1.54, 1.807) is 0 Å². The molecule has 1 heterocycles. The van der Waals surface area contributed by atoms with Crippen LogP contribution in [0.3, 0.4) is 0 Å². The summed E-state index contributed by atoms with van der Waals surface area (Å²) < 4.78 is 5.55. The minimum Gasteiger partial charge on any atom is -0.468 e. The molecule has 0 saturated carbocycles. The van der Waals surface area contributed by atoms with Crippen LogP contribution in [0.5, 0.6) is 5.75 Å². The zero-order valence-electron chi connectivity index (χ0n) is 6.91. The van der Waals surface area contributed by atoms with E-state index in [1.807, 2.05) is 18.2 Å². The molecule has 0 fully saturated rings. The third-order valence-electron chi connectivity index (χ3n) is 1.85. The molecular weight excluding hydrogens is 248 g/mol. The van der Waals surface area contributed by atoms with E-state index in [0.29, 0.717) is 0 Å².